The first kappa shape index (κ1) is 15.5. The molecule has 0 amide bonds. The van der Waals surface area contributed by atoms with Crippen LogP contribution in [0.2, 0.25) is 0 Å². The zero-order valence-corrected chi connectivity index (χ0v) is 13.4. The molecule has 0 aliphatic carbocycles. The molecule has 0 spiro atoms. The summed E-state index contributed by atoms with van der Waals surface area (Å²) in [6, 6.07) is 10.0. The number of halogens is 2. The van der Waals surface area contributed by atoms with Gasteiger partial charge in [-0.25, -0.2) is 8.78 Å². The van der Waals surface area contributed by atoms with Crippen LogP contribution in [0.25, 0.3) is 0 Å². The van der Waals surface area contributed by atoms with Crippen LogP contribution in [0.15, 0.2) is 46.2 Å². The lowest BCUT2D eigenvalue weighted by Crippen LogP contribution is -2.27. The molecule has 3 rings (SSSR count). The molecule has 0 bridgehead atoms. The van der Waals surface area contributed by atoms with Crippen molar-refractivity contribution in [2.45, 2.75) is 35.5 Å². The molecule has 1 aliphatic heterocycles. The van der Waals surface area contributed by atoms with Gasteiger partial charge in [0.15, 0.2) is 0 Å². The Labute approximate surface area is 134 Å². The van der Waals surface area contributed by atoms with Crippen molar-refractivity contribution in [3.63, 3.8) is 0 Å². The van der Waals surface area contributed by atoms with Gasteiger partial charge >= 0.3 is 0 Å². The summed E-state index contributed by atoms with van der Waals surface area (Å²) < 4.78 is 27.7. The molecule has 22 heavy (non-hydrogen) atoms. The second kappa shape index (κ2) is 6.80. The molecular formula is C18H19F2NS. The first-order chi connectivity index (χ1) is 10.6. The van der Waals surface area contributed by atoms with Crippen LogP contribution in [0.1, 0.15) is 29.9 Å². The quantitative estimate of drug-likeness (QED) is 0.864. The zero-order valence-electron chi connectivity index (χ0n) is 12.5. The van der Waals surface area contributed by atoms with E-state index in [9.17, 15) is 8.78 Å². The summed E-state index contributed by atoms with van der Waals surface area (Å²) in [6.07, 6.45) is 1.91. The Morgan fingerprint density at radius 1 is 1.05 bits per heavy atom. The average molecular weight is 319 g/mol. The largest absolute Gasteiger partial charge is 0.317 e. The maximum atomic E-state index is 14.4. The number of nitrogens with one attached hydrogen (secondary N) is 1. The number of rotatable bonds is 3. The summed E-state index contributed by atoms with van der Waals surface area (Å²) in [5.74, 6) is -0.109. The van der Waals surface area contributed by atoms with Gasteiger partial charge in [-0.15, -0.1) is 0 Å². The normalized spacial score (nSPS) is 16.0. The van der Waals surface area contributed by atoms with Gasteiger partial charge in [0, 0.05) is 15.4 Å². The zero-order chi connectivity index (χ0) is 15.5. The number of hydrogen-bond acceptors (Lipinski definition) is 2. The van der Waals surface area contributed by atoms with Crippen LogP contribution >= 0.6 is 11.8 Å². The molecule has 1 N–H and O–H groups in total. The van der Waals surface area contributed by atoms with Crippen molar-refractivity contribution in [2.75, 3.05) is 13.1 Å². The predicted molar refractivity (Wildman–Crippen MR) is 86.5 cm³/mol. The van der Waals surface area contributed by atoms with E-state index in [4.69, 9.17) is 0 Å². The number of hydrogen-bond donors (Lipinski definition) is 1. The van der Waals surface area contributed by atoms with Crippen LogP contribution in [0.5, 0.6) is 0 Å². The Kier molecular flexibility index (Phi) is 4.79. The third-order valence-electron chi connectivity index (χ3n) is 4.12. The summed E-state index contributed by atoms with van der Waals surface area (Å²) in [4.78, 5) is 1.92. The molecule has 1 nitrogen and oxygen atoms in total. The van der Waals surface area contributed by atoms with Crippen LogP contribution in [-0.2, 0) is 0 Å². The van der Waals surface area contributed by atoms with E-state index in [1.807, 2.05) is 13.0 Å². The maximum absolute atomic E-state index is 14.4. The van der Waals surface area contributed by atoms with E-state index in [0.717, 1.165) is 46.8 Å². The van der Waals surface area contributed by atoms with Crippen molar-refractivity contribution in [2.24, 2.45) is 0 Å². The molecular weight excluding hydrogens is 300 g/mol. The molecule has 0 aromatic heterocycles. The third kappa shape index (κ3) is 3.33. The van der Waals surface area contributed by atoms with Crippen molar-refractivity contribution >= 4 is 11.8 Å². The minimum Gasteiger partial charge on any atom is -0.317 e. The highest BCUT2D eigenvalue weighted by Crippen LogP contribution is 2.39. The molecule has 0 saturated carbocycles. The number of piperidine rings is 1. The topological polar surface area (TPSA) is 12.0 Å². The standard InChI is InChI=1S/C18H19F2NS/c1-12-11-14(19)5-6-16(12)22-17-4-2-3-15(20)18(17)13-7-9-21-10-8-13/h2-6,11,13,21H,7-10H2,1H3. The molecule has 116 valence electrons. The molecule has 2 aromatic carbocycles. The Morgan fingerprint density at radius 3 is 2.55 bits per heavy atom. The number of aryl methyl sites for hydroxylation is 1. The number of benzene rings is 2. The van der Waals surface area contributed by atoms with E-state index in [0.29, 0.717) is 0 Å². The van der Waals surface area contributed by atoms with Gasteiger partial charge in [-0.05, 0) is 74.7 Å². The molecule has 1 aliphatic rings. The highest BCUT2D eigenvalue weighted by atomic mass is 32.2. The smallest absolute Gasteiger partial charge is 0.127 e. The lowest BCUT2D eigenvalue weighted by atomic mass is 9.90. The summed E-state index contributed by atoms with van der Waals surface area (Å²) in [5.41, 5.74) is 1.70. The highest BCUT2D eigenvalue weighted by Gasteiger charge is 2.22. The molecule has 1 heterocycles. The van der Waals surface area contributed by atoms with Crippen LogP contribution < -0.4 is 5.32 Å². The molecule has 1 saturated heterocycles. The first-order valence-corrected chi connectivity index (χ1v) is 8.40. The molecule has 4 heteroatoms. The fourth-order valence-corrected chi connectivity index (χ4v) is 4.07. The van der Waals surface area contributed by atoms with Gasteiger partial charge in [-0.1, -0.05) is 17.8 Å². The minimum atomic E-state index is -0.236. The van der Waals surface area contributed by atoms with Gasteiger partial charge in [0.25, 0.3) is 0 Å². The van der Waals surface area contributed by atoms with Crippen LogP contribution in [0, 0.1) is 18.6 Å². The predicted octanol–water partition coefficient (Wildman–Crippen LogP) is 4.89. The van der Waals surface area contributed by atoms with E-state index in [-0.39, 0.29) is 17.6 Å². The van der Waals surface area contributed by atoms with Crippen molar-refractivity contribution < 1.29 is 8.78 Å². The molecule has 2 aromatic rings. The van der Waals surface area contributed by atoms with E-state index in [2.05, 4.69) is 5.32 Å². The Hall–Kier alpha value is -1.39. The molecule has 0 atom stereocenters. The van der Waals surface area contributed by atoms with Crippen molar-refractivity contribution in [1.82, 2.24) is 5.32 Å². The summed E-state index contributed by atoms with van der Waals surface area (Å²) >= 11 is 1.53. The summed E-state index contributed by atoms with van der Waals surface area (Å²) in [6.45, 7) is 3.74. The fraction of sp³-hybridized carbons (Fsp3) is 0.333. The summed E-state index contributed by atoms with van der Waals surface area (Å²) in [7, 11) is 0. The SMILES string of the molecule is Cc1cc(F)ccc1Sc1cccc(F)c1C1CCNCC1. The minimum absolute atomic E-state index is 0.128. The highest BCUT2D eigenvalue weighted by molar-refractivity contribution is 7.99. The van der Waals surface area contributed by atoms with Crippen molar-refractivity contribution in [1.29, 1.82) is 0 Å². The molecule has 0 unspecified atom stereocenters. The Balaban J connectivity index is 1.94. The lowest BCUT2D eigenvalue weighted by Gasteiger charge is -2.25. The maximum Gasteiger partial charge on any atom is 0.127 e. The molecule has 0 radical (unpaired) electrons. The van der Waals surface area contributed by atoms with E-state index < -0.39 is 0 Å². The Bertz CT molecular complexity index is 666. The average Bonchev–Trinajstić information content (AvgIpc) is 2.51. The van der Waals surface area contributed by atoms with Gasteiger partial charge in [0.2, 0.25) is 0 Å². The van der Waals surface area contributed by atoms with E-state index in [1.54, 1.807) is 18.2 Å². The van der Waals surface area contributed by atoms with Crippen LogP contribution in [0.4, 0.5) is 8.78 Å². The van der Waals surface area contributed by atoms with E-state index >= 15 is 0 Å². The Morgan fingerprint density at radius 2 is 1.82 bits per heavy atom. The second-order valence-electron chi connectivity index (χ2n) is 5.69. The van der Waals surface area contributed by atoms with Gasteiger partial charge in [0.1, 0.15) is 11.6 Å². The van der Waals surface area contributed by atoms with Crippen molar-refractivity contribution in [3.8, 4) is 0 Å². The van der Waals surface area contributed by atoms with Crippen molar-refractivity contribution in [3.05, 3.63) is 59.2 Å². The van der Waals surface area contributed by atoms with Crippen LogP contribution in [-0.4, -0.2) is 13.1 Å². The summed E-state index contributed by atoms with van der Waals surface area (Å²) in [5, 5.41) is 3.32. The lowest BCUT2D eigenvalue weighted by molar-refractivity contribution is 0.439. The van der Waals surface area contributed by atoms with Gasteiger partial charge < -0.3 is 5.32 Å². The second-order valence-corrected chi connectivity index (χ2v) is 6.77. The molecule has 1 fully saturated rings. The van der Waals surface area contributed by atoms with Gasteiger partial charge in [0.05, 0.1) is 0 Å². The third-order valence-corrected chi connectivity index (χ3v) is 5.37. The van der Waals surface area contributed by atoms with Gasteiger partial charge in [-0.2, -0.15) is 0 Å². The van der Waals surface area contributed by atoms with E-state index in [1.165, 1.54) is 23.9 Å². The first-order valence-electron chi connectivity index (χ1n) is 7.58. The van der Waals surface area contributed by atoms with Crippen LogP contribution in [0.3, 0.4) is 0 Å². The van der Waals surface area contributed by atoms with Gasteiger partial charge in [-0.3, -0.25) is 0 Å². The monoisotopic (exact) mass is 319 g/mol. The fourth-order valence-electron chi connectivity index (χ4n) is 2.96.